The number of hydrogen-bond donors (Lipinski definition) is 0. The van der Waals surface area contributed by atoms with E-state index in [2.05, 4.69) is 135 Å². The van der Waals surface area contributed by atoms with E-state index < -0.39 is 0 Å². The van der Waals surface area contributed by atoms with Gasteiger partial charge in [0.05, 0.1) is 46.1 Å². The van der Waals surface area contributed by atoms with Gasteiger partial charge in [0.2, 0.25) is 0 Å². The van der Waals surface area contributed by atoms with E-state index in [1.165, 1.54) is 0 Å². The van der Waals surface area contributed by atoms with Crippen LogP contribution >= 0.6 is 0 Å². The molecule has 0 spiro atoms. The van der Waals surface area contributed by atoms with Gasteiger partial charge in [-0.2, -0.15) is 5.26 Å². The third-order valence-electron chi connectivity index (χ3n) is 8.20. The Bertz CT molecular complexity index is 2170. The SMILES string of the molecule is [C-]#[N+]c1cccc(C#N)c1-c1c(-n2c3ccccc3c3ccccc32)cccc1-n1c2ccccc2c2ccccc21. The van der Waals surface area contributed by atoms with Crippen LogP contribution in [0.1, 0.15) is 5.56 Å². The first-order valence-electron chi connectivity index (χ1n) is 13.8. The Morgan fingerprint density at radius 2 is 0.881 bits per heavy atom. The summed E-state index contributed by atoms with van der Waals surface area (Å²) in [5.41, 5.74) is 8.51. The first kappa shape index (κ1) is 23.8. The van der Waals surface area contributed by atoms with Crippen molar-refractivity contribution in [3.05, 3.63) is 150 Å². The van der Waals surface area contributed by atoms with Gasteiger partial charge in [-0.1, -0.05) is 91.0 Å². The molecular formula is C38H22N4. The number of fused-ring (bicyclic) bond motifs is 6. The van der Waals surface area contributed by atoms with Gasteiger partial charge in [-0.05, 0) is 42.5 Å². The molecule has 0 aliphatic heterocycles. The fraction of sp³-hybridized carbons (Fsp3) is 0. The van der Waals surface area contributed by atoms with E-state index in [0.717, 1.165) is 60.5 Å². The van der Waals surface area contributed by atoms with Crippen LogP contribution in [0.15, 0.2) is 133 Å². The quantitative estimate of drug-likeness (QED) is 0.208. The number of benzene rings is 6. The molecule has 8 rings (SSSR count). The molecule has 0 aliphatic rings. The first-order valence-corrected chi connectivity index (χ1v) is 13.8. The van der Waals surface area contributed by atoms with Crippen molar-refractivity contribution in [2.75, 3.05) is 0 Å². The first-order chi connectivity index (χ1) is 20.8. The number of nitrogens with zero attached hydrogens (tertiary/aromatic N) is 4. The Hall–Kier alpha value is -6.10. The average molecular weight is 535 g/mol. The van der Waals surface area contributed by atoms with Crippen LogP contribution in [0.4, 0.5) is 5.69 Å². The molecule has 0 fully saturated rings. The molecule has 42 heavy (non-hydrogen) atoms. The van der Waals surface area contributed by atoms with Crippen LogP contribution in [0.5, 0.6) is 0 Å². The van der Waals surface area contributed by atoms with Crippen molar-refractivity contribution < 1.29 is 0 Å². The Kier molecular flexibility index (Phi) is 5.22. The maximum Gasteiger partial charge on any atom is 0.196 e. The molecule has 0 unspecified atom stereocenters. The van der Waals surface area contributed by atoms with Gasteiger partial charge in [-0.25, -0.2) is 4.85 Å². The maximum absolute atomic E-state index is 10.4. The zero-order chi connectivity index (χ0) is 28.2. The molecule has 0 atom stereocenters. The van der Waals surface area contributed by atoms with Gasteiger partial charge in [-0.3, -0.25) is 0 Å². The summed E-state index contributed by atoms with van der Waals surface area (Å²) in [6.07, 6.45) is 0. The lowest BCUT2D eigenvalue weighted by atomic mass is 9.94. The normalized spacial score (nSPS) is 11.3. The molecule has 0 radical (unpaired) electrons. The standard InChI is InChI=1S/C38H22N4/c1-40-30-17-10-12-25(24-39)37(30)38-35(41-31-18-6-2-13-26(31)27-14-3-7-19-32(27)41)22-11-23-36(38)42-33-20-8-4-15-28(33)29-16-5-9-21-34(29)42/h2-23H. The predicted octanol–water partition coefficient (Wildman–Crippen LogP) is 9.97. The van der Waals surface area contributed by atoms with E-state index in [4.69, 9.17) is 6.57 Å². The Morgan fingerprint density at radius 1 is 0.476 bits per heavy atom. The highest BCUT2D eigenvalue weighted by atomic mass is 15.0. The number of nitriles is 1. The second-order valence-electron chi connectivity index (χ2n) is 10.3. The smallest absolute Gasteiger partial charge is 0.196 e. The molecule has 194 valence electrons. The summed E-state index contributed by atoms with van der Waals surface area (Å²) in [6.45, 7) is 8.12. The van der Waals surface area contributed by atoms with Gasteiger partial charge in [-0.15, -0.1) is 0 Å². The highest BCUT2D eigenvalue weighted by molar-refractivity contribution is 6.12. The maximum atomic E-state index is 10.4. The summed E-state index contributed by atoms with van der Waals surface area (Å²) in [5, 5.41) is 15.0. The molecule has 2 aromatic heterocycles. The molecule has 0 bridgehead atoms. The predicted molar refractivity (Wildman–Crippen MR) is 172 cm³/mol. The van der Waals surface area contributed by atoms with Crippen LogP contribution in [-0.4, -0.2) is 9.13 Å². The van der Waals surface area contributed by atoms with E-state index in [1.807, 2.05) is 12.1 Å². The minimum Gasteiger partial charge on any atom is -0.309 e. The van der Waals surface area contributed by atoms with Gasteiger partial charge in [0, 0.05) is 38.2 Å². The zero-order valence-electron chi connectivity index (χ0n) is 22.5. The second kappa shape index (κ2) is 9.24. The van der Waals surface area contributed by atoms with E-state index in [-0.39, 0.29) is 0 Å². The van der Waals surface area contributed by atoms with Gasteiger partial charge in [0.1, 0.15) is 0 Å². The summed E-state index contributed by atoms with van der Waals surface area (Å²) in [7, 11) is 0. The molecule has 8 aromatic rings. The molecule has 0 saturated carbocycles. The summed E-state index contributed by atoms with van der Waals surface area (Å²) < 4.78 is 4.55. The lowest BCUT2D eigenvalue weighted by Gasteiger charge is -2.21. The van der Waals surface area contributed by atoms with Crippen LogP contribution in [0.3, 0.4) is 0 Å². The summed E-state index contributed by atoms with van der Waals surface area (Å²) in [6, 6.07) is 47.7. The van der Waals surface area contributed by atoms with Crippen molar-refractivity contribution in [3.8, 4) is 28.6 Å². The number of rotatable bonds is 3. The van der Waals surface area contributed by atoms with Crippen molar-refractivity contribution in [1.29, 1.82) is 5.26 Å². The van der Waals surface area contributed by atoms with Crippen molar-refractivity contribution >= 4 is 49.3 Å². The second-order valence-corrected chi connectivity index (χ2v) is 10.3. The van der Waals surface area contributed by atoms with Gasteiger partial charge >= 0.3 is 0 Å². The molecule has 0 saturated heterocycles. The van der Waals surface area contributed by atoms with Crippen molar-refractivity contribution in [1.82, 2.24) is 9.13 Å². The van der Waals surface area contributed by atoms with E-state index in [9.17, 15) is 5.26 Å². The summed E-state index contributed by atoms with van der Waals surface area (Å²) >= 11 is 0. The molecule has 6 aromatic carbocycles. The lowest BCUT2D eigenvalue weighted by molar-refractivity contribution is 1.14. The molecule has 0 aliphatic carbocycles. The lowest BCUT2D eigenvalue weighted by Crippen LogP contribution is -2.04. The van der Waals surface area contributed by atoms with Crippen molar-refractivity contribution in [3.63, 3.8) is 0 Å². The summed E-state index contributed by atoms with van der Waals surface area (Å²) in [5.74, 6) is 0. The van der Waals surface area contributed by atoms with Crippen LogP contribution in [-0.2, 0) is 0 Å². The third-order valence-corrected chi connectivity index (χ3v) is 8.20. The van der Waals surface area contributed by atoms with E-state index in [0.29, 0.717) is 16.8 Å². The minimum atomic E-state index is 0.448. The molecular weight excluding hydrogens is 512 g/mol. The van der Waals surface area contributed by atoms with Crippen molar-refractivity contribution in [2.24, 2.45) is 0 Å². The summed E-state index contributed by atoms with van der Waals surface area (Å²) in [4.78, 5) is 3.93. The molecule has 4 nitrogen and oxygen atoms in total. The largest absolute Gasteiger partial charge is 0.309 e. The van der Waals surface area contributed by atoms with E-state index in [1.54, 1.807) is 6.07 Å². The van der Waals surface area contributed by atoms with Gasteiger partial charge in [0.15, 0.2) is 5.69 Å². The number of aromatic nitrogens is 2. The van der Waals surface area contributed by atoms with E-state index >= 15 is 0 Å². The molecule has 0 N–H and O–H groups in total. The zero-order valence-corrected chi connectivity index (χ0v) is 22.5. The average Bonchev–Trinajstić information content (AvgIpc) is 3.57. The highest BCUT2D eigenvalue weighted by Crippen LogP contribution is 2.45. The Labute approximate surface area is 242 Å². The Morgan fingerprint density at radius 3 is 1.29 bits per heavy atom. The van der Waals surface area contributed by atoms with Gasteiger partial charge < -0.3 is 9.13 Å². The molecule has 0 amide bonds. The number of para-hydroxylation sites is 4. The highest BCUT2D eigenvalue weighted by Gasteiger charge is 2.24. The fourth-order valence-electron chi connectivity index (χ4n) is 6.51. The van der Waals surface area contributed by atoms with Crippen molar-refractivity contribution in [2.45, 2.75) is 0 Å². The molecule has 4 heteroatoms. The Balaban J connectivity index is 1.62. The minimum absolute atomic E-state index is 0.448. The van der Waals surface area contributed by atoms with Crippen LogP contribution in [0.2, 0.25) is 0 Å². The van der Waals surface area contributed by atoms with Crippen LogP contribution < -0.4 is 0 Å². The number of hydrogen-bond acceptors (Lipinski definition) is 1. The third kappa shape index (κ3) is 3.27. The molecule has 2 heterocycles. The van der Waals surface area contributed by atoms with Crippen LogP contribution in [0.25, 0.3) is 71.0 Å². The van der Waals surface area contributed by atoms with Gasteiger partial charge in [0.25, 0.3) is 0 Å². The topological polar surface area (TPSA) is 38.0 Å². The monoisotopic (exact) mass is 534 g/mol. The fourth-order valence-corrected chi connectivity index (χ4v) is 6.51. The van der Waals surface area contributed by atoms with Crippen LogP contribution in [0, 0.1) is 17.9 Å².